The molecule has 0 spiro atoms. The van der Waals surface area contributed by atoms with Crippen LogP contribution >= 0.6 is 0 Å². The maximum atomic E-state index is 13.1. The van der Waals surface area contributed by atoms with E-state index in [1.54, 1.807) is 0 Å². The van der Waals surface area contributed by atoms with Gasteiger partial charge in [-0.1, -0.05) is 0 Å². The molecule has 0 N–H and O–H groups in total. The second kappa shape index (κ2) is 6.75. The third-order valence-electron chi connectivity index (χ3n) is 6.47. The van der Waals surface area contributed by atoms with Crippen LogP contribution in [0.25, 0.3) is 0 Å². The highest BCUT2D eigenvalue weighted by Crippen LogP contribution is 2.36. The Hall–Kier alpha value is -2.36. The SMILES string of the molecule is Cc1c(C)c(C)c(/[N+]([O-])=[N+](\[O-])c2c(C)c(C)c(C)c(C)c2C)c(C)c1C. The predicted molar refractivity (Wildman–Crippen MR) is 107 cm³/mol. The van der Waals surface area contributed by atoms with Crippen LogP contribution in [-0.2, 0) is 0 Å². The summed E-state index contributed by atoms with van der Waals surface area (Å²) in [5.74, 6) is 0. The van der Waals surface area contributed by atoms with Gasteiger partial charge in [0, 0.05) is 22.3 Å². The van der Waals surface area contributed by atoms with Crippen molar-refractivity contribution in [3.63, 3.8) is 0 Å². The Labute approximate surface area is 157 Å². The molecule has 4 nitrogen and oxygen atoms in total. The molecular formula is C22H30N2O2. The first-order valence-electron chi connectivity index (χ1n) is 9.01. The summed E-state index contributed by atoms with van der Waals surface area (Å²) in [6, 6.07) is 0. The van der Waals surface area contributed by atoms with Crippen molar-refractivity contribution >= 4 is 11.4 Å². The van der Waals surface area contributed by atoms with Crippen LogP contribution in [0.1, 0.15) is 55.6 Å². The van der Waals surface area contributed by atoms with E-state index in [-0.39, 0.29) is 0 Å². The second-order valence-corrected chi connectivity index (χ2v) is 7.49. The number of azo groups is 1. The Morgan fingerprint density at radius 2 is 0.500 bits per heavy atom. The van der Waals surface area contributed by atoms with E-state index in [4.69, 9.17) is 0 Å². The van der Waals surface area contributed by atoms with Crippen molar-refractivity contribution in [3.8, 4) is 0 Å². The third kappa shape index (κ3) is 2.77. The molecule has 2 aromatic rings. The summed E-state index contributed by atoms with van der Waals surface area (Å²) in [5.41, 5.74) is 10.9. The van der Waals surface area contributed by atoms with Gasteiger partial charge in [-0.15, -0.1) is 0 Å². The normalized spacial score (nSPS) is 12.4. The predicted octanol–water partition coefficient (Wildman–Crippen LogP) is 6.21. The van der Waals surface area contributed by atoms with Crippen LogP contribution in [0.3, 0.4) is 0 Å². The topological polar surface area (TPSA) is 52.1 Å². The average molecular weight is 354 g/mol. The lowest BCUT2D eigenvalue weighted by Crippen LogP contribution is -2.15. The Morgan fingerprint density at radius 3 is 0.692 bits per heavy atom. The molecule has 0 unspecified atom stereocenters. The Kier molecular flexibility index (Phi) is 5.18. The highest BCUT2D eigenvalue weighted by molar-refractivity contribution is 5.59. The smallest absolute Gasteiger partial charge is 0.294 e. The average Bonchev–Trinajstić information content (AvgIpc) is 2.61. The molecule has 0 amide bonds. The first-order valence-corrected chi connectivity index (χ1v) is 9.01. The molecule has 140 valence electrons. The van der Waals surface area contributed by atoms with E-state index < -0.39 is 0 Å². The molecule has 0 radical (unpaired) electrons. The monoisotopic (exact) mass is 354 g/mol. The molecule has 0 bridgehead atoms. The minimum atomic E-state index is 0.454. The van der Waals surface area contributed by atoms with Gasteiger partial charge in [-0.05, 0) is 103 Å². The summed E-state index contributed by atoms with van der Waals surface area (Å²) in [6.07, 6.45) is 0. The van der Waals surface area contributed by atoms with Gasteiger partial charge >= 0.3 is 0 Å². The quantitative estimate of drug-likeness (QED) is 0.366. The summed E-state index contributed by atoms with van der Waals surface area (Å²) in [7, 11) is 0. The fourth-order valence-electron chi connectivity index (χ4n) is 3.72. The van der Waals surface area contributed by atoms with Crippen LogP contribution in [0.4, 0.5) is 11.4 Å². The van der Waals surface area contributed by atoms with Crippen LogP contribution in [0, 0.1) is 79.7 Å². The summed E-state index contributed by atoms with van der Waals surface area (Å²) in [4.78, 5) is 1.04. The van der Waals surface area contributed by atoms with Crippen molar-refractivity contribution in [2.45, 2.75) is 69.2 Å². The van der Waals surface area contributed by atoms with Gasteiger partial charge in [0.05, 0.1) is 9.72 Å². The molecule has 2 aromatic carbocycles. The Balaban J connectivity index is 2.91. The second-order valence-electron chi connectivity index (χ2n) is 7.49. The fourth-order valence-corrected chi connectivity index (χ4v) is 3.72. The Bertz CT molecular complexity index is 818. The summed E-state index contributed by atoms with van der Waals surface area (Å²) in [5, 5.41) is 26.3. The van der Waals surface area contributed by atoms with Gasteiger partial charge < -0.3 is 10.4 Å². The van der Waals surface area contributed by atoms with Crippen molar-refractivity contribution < 1.29 is 9.72 Å². The lowest BCUT2D eigenvalue weighted by molar-refractivity contribution is -0.897. The molecular weight excluding hydrogens is 324 g/mol. The molecule has 0 fully saturated rings. The third-order valence-corrected chi connectivity index (χ3v) is 6.47. The maximum Gasteiger partial charge on any atom is 0.294 e. The molecule has 0 aliphatic heterocycles. The van der Waals surface area contributed by atoms with Gasteiger partial charge in [-0.3, -0.25) is 0 Å². The van der Waals surface area contributed by atoms with E-state index in [0.29, 0.717) is 21.1 Å². The van der Waals surface area contributed by atoms with Crippen LogP contribution in [0.15, 0.2) is 0 Å². The zero-order valence-electron chi connectivity index (χ0n) is 17.7. The van der Waals surface area contributed by atoms with Gasteiger partial charge in [0.1, 0.15) is 0 Å². The molecule has 0 saturated carbocycles. The molecule has 0 aliphatic carbocycles. The van der Waals surface area contributed by atoms with E-state index in [2.05, 4.69) is 13.8 Å². The van der Waals surface area contributed by atoms with Crippen molar-refractivity contribution in [2.24, 2.45) is 0 Å². The minimum Gasteiger partial charge on any atom is -0.561 e. The van der Waals surface area contributed by atoms with Crippen molar-refractivity contribution in [1.82, 2.24) is 0 Å². The summed E-state index contributed by atoms with van der Waals surface area (Å²) in [6.45, 7) is 19.8. The Morgan fingerprint density at radius 1 is 0.346 bits per heavy atom. The van der Waals surface area contributed by atoms with Crippen molar-refractivity contribution in [1.29, 1.82) is 0 Å². The molecule has 0 atom stereocenters. The summed E-state index contributed by atoms with van der Waals surface area (Å²) >= 11 is 0. The minimum absolute atomic E-state index is 0.454. The number of hydrogen-bond acceptors (Lipinski definition) is 2. The van der Waals surface area contributed by atoms with Crippen LogP contribution in [0.2, 0.25) is 0 Å². The zero-order chi connectivity index (χ0) is 20.1. The standard InChI is InChI=1S/C22H30N2O2/c1-11-13(3)17(7)21(18(8)14(11)4)23(25)24(26)22-19(9)15(5)12(2)16(6)20(22)10/h1-10H3/b24-23+. The maximum absolute atomic E-state index is 13.1. The van der Waals surface area contributed by atoms with E-state index >= 15 is 0 Å². The van der Waals surface area contributed by atoms with Crippen LogP contribution in [0.5, 0.6) is 0 Å². The van der Waals surface area contributed by atoms with Gasteiger partial charge in [0.15, 0.2) is 0 Å². The van der Waals surface area contributed by atoms with Gasteiger partial charge in [0.25, 0.3) is 11.4 Å². The highest BCUT2D eigenvalue weighted by Gasteiger charge is 2.28. The summed E-state index contributed by atoms with van der Waals surface area (Å²) < 4.78 is 0. The molecule has 0 saturated heterocycles. The number of hydrogen-bond donors (Lipinski definition) is 0. The van der Waals surface area contributed by atoms with Gasteiger partial charge in [-0.2, -0.15) is 0 Å². The molecule has 2 rings (SSSR count). The lowest BCUT2D eigenvalue weighted by atomic mass is 9.93. The van der Waals surface area contributed by atoms with E-state index in [1.807, 2.05) is 55.4 Å². The molecule has 0 aliphatic rings. The van der Waals surface area contributed by atoms with Gasteiger partial charge in [-0.25, -0.2) is 0 Å². The first-order chi connectivity index (χ1) is 11.9. The van der Waals surface area contributed by atoms with E-state index in [9.17, 15) is 10.4 Å². The van der Waals surface area contributed by atoms with Crippen LogP contribution in [-0.4, -0.2) is 9.72 Å². The van der Waals surface area contributed by atoms with Crippen LogP contribution < -0.4 is 0 Å². The first kappa shape index (κ1) is 20.0. The molecule has 0 aromatic heterocycles. The van der Waals surface area contributed by atoms with Gasteiger partial charge in [0.2, 0.25) is 0 Å². The number of rotatable bonds is 2. The molecule has 4 heteroatoms. The number of benzene rings is 2. The molecule has 26 heavy (non-hydrogen) atoms. The fraction of sp³-hybridized carbons (Fsp3) is 0.455. The number of nitrogens with zero attached hydrogens (tertiary/aromatic N) is 2. The lowest BCUT2D eigenvalue weighted by Gasteiger charge is -2.17. The largest absolute Gasteiger partial charge is 0.561 e. The molecule has 0 heterocycles. The van der Waals surface area contributed by atoms with E-state index in [1.165, 1.54) is 11.1 Å². The zero-order valence-corrected chi connectivity index (χ0v) is 17.7. The van der Waals surface area contributed by atoms with E-state index in [0.717, 1.165) is 44.5 Å². The highest BCUT2D eigenvalue weighted by atomic mass is 16.6. The van der Waals surface area contributed by atoms with Crippen molar-refractivity contribution in [2.75, 3.05) is 0 Å². The van der Waals surface area contributed by atoms with Crippen molar-refractivity contribution in [3.05, 3.63) is 66.0 Å².